The van der Waals surface area contributed by atoms with Gasteiger partial charge in [-0.2, -0.15) is 0 Å². The predicted octanol–water partition coefficient (Wildman–Crippen LogP) is 4.84. The van der Waals surface area contributed by atoms with E-state index in [9.17, 15) is 4.79 Å². The molecule has 0 amide bonds. The van der Waals surface area contributed by atoms with E-state index in [0.29, 0.717) is 11.4 Å². The van der Waals surface area contributed by atoms with Gasteiger partial charge in [0.2, 0.25) is 0 Å². The molecule has 0 unspecified atom stereocenters. The molecule has 3 heteroatoms. The van der Waals surface area contributed by atoms with Gasteiger partial charge in [-0.3, -0.25) is 4.79 Å². The van der Waals surface area contributed by atoms with E-state index >= 15 is 0 Å². The van der Waals surface area contributed by atoms with E-state index < -0.39 is 0 Å². The van der Waals surface area contributed by atoms with Gasteiger partial charge in [-0.05, 0) is 42.3 Å². The number of benzene rings is 2. The van der Waals surface area contributed by atoms with Crippen molar-refractivity contribution in [1.29, 1.82) is 0 Å². The fourth-order valence-corrected chi connectivity index (χ4v) is 2.40. The summed E-state index contributed by atoms with van der Waals surface area (Å²) in [4.78, 5) is 12.2. The van der Waals surface area contributed by atoms with Gasteiger partial charge in [0.05, 0.1) is 0 Å². The van der Waals surface area contributed by atoms with E-state index in [0.717, 1.165) is 21.2 Å². The number of hydrogen-bond donors (Lipinski definition) is 0. The lowest BCUT2D eigenvalue weighted by molar-refractivity contribution is 0.0992. The topological polar surface area (TPSA) is 17.1 Å². The molecule has 0 aromatic heterocycles. The van der Waals surface area contributed by atoms with Gasteiger partial charge in [0.15, 0.2) is 5.78 Å². The van der Waals surface area contributed by atoms with Crippen LogP contribution in [-0.4, -0.2) is 5.78 Å². The van der Waals surface area contributed by atoms with Gasteiger partial charge in [-0.1, -0.05) is 45.7 Å². The number of carbonyl (C=O) groups excluding carboxylic acids is 1. The first-order valence-corrected chi connectivity index (χ1v) is 6.77. The second-order valence-electron chi connectivity index (χ2n) is 4.19. The van der Waals surface area contributed by atoms with Crippen molar-refractivity contribution in [3.8, 4) is 0 Å². The van der Waals surface area contributed by atoms with Crippen LogP contribution >= 0.6 is 27.5 Å². The Balaban J connectivity index is 2.24. The van der Waals surface area contributed by atoms with Crippen LogP contribution in [0.1, 0.15) is 21.5 Å². The number of aryl methyl sites for hydroxylation is 1. The highest BCUT2D eigenvalue weighted by molar-refractivity contribution is 9.10. The standard InChI is InChI=1S/C15H12BrClO/c1-10-5-6-12(16)9-14(10)15(18)8-11-3-2-4-13(17)7-11/h2-7,9H,8H2,1H3. The van der Waals surface area contributed by atoms with Crippen molar-refractivity contribution in [3.05, 3.63) is 68.7 Å². The number of ketones is 1. The molecule has 0 saturated heterocycles. The summed E-state index contributed by atoms with van der Waals surface area (Å²) in [5.74, 6) is 0.107. The molecule has 0 atom stereocenters. The fraction of sp³-hybridized carbons (Fsp3) is 0.133. The zero-order chi connectivity index (χ0) is 13.1. The molecule has 2 aromatic carbocycles. The van der Waals surface area contributed by atoms with Crippen molar-refractivity contribution < 1.29 is 4.79 Å². The number of hydrogen-bond acceptors (Lipinski definition) is 1. The smallest absolute Gasteiger partial charge is 0.167 e. The van der Waals surface area contributed by atoms with Crippen LogP contribution in [0.5, 0.6) is 0 Å². The molecular weight excluding hydrogens is 312 g/mol. The van der Waals surface area contributed by atoms with Gasteiger partial charge in [0, 0.05) is 21.5 Å². The maximum Gasteiger partial charge on any atom is 0.167 e. The highest BCUT2D eigenvalue weighted by Gasteiger charge is 2.10. The highest BCUT2D eigenvalue weighted by Crippen LogP contribution is 2.19. The van der Waals surface area contributed by atoms with Crippen LogP contribution in [0.2, 0.25) is 5.02 Å². The molecule has 92 valence electrons. The largest absolute Gasteiger partial charge is 0.294 e. The Morgan fingerprint density at radius 2 is 2.00 bits per heavy atom. The Labute approximate surface area is 120 Å². The van der Waals surface area contributed by atoms with Gasteiger partial charge < -0.3 is 0 Å². The lowest BCUT2D eigenvalue weighted by atomic mass is 9.99. The molecular formula is C15H12BrClO. The SMILES string of the molecule is Cc1ccc(Br)cc1C(=O)Cc1cccc(Cl)c1. The van der Waals surface area contributed by atoms with E-state index in [-0.39, 0.29) is 5.78 Å². The number of Topliss-reactive ketones (excluding diaryl/α,β-unsaturated/α-hetero) is 1. The molecule has 2 rings (SSSR count). The van der Waals surface area contributed by atoms with Gasteiger partial charge in [0.1, 0.15) is 0 Å². The zero-order valence-electron chi connectivity index (χ0n) is 9.91. The summed E-state index contributed by atoms with van der Waals surface area (Å²) in [5.41, 5.74) is 2.68. The van der Waals surface area contributed by atoms with Crippen molar-refractivity contribution in [2.75, 3.05) is 0 Å². The van der Waals surface area contributed by atoms with E-state index in [4.69, 9.17) is 11.6 Å². The first kappa shape index (κ1) is 13.3. The van der Waals surface area contributed by atoms with Crippen molar-refractivity contribution in [2.45, 2.75) is 13.3 Å². The molecule has 0 saturated carbocycles. The van der Waals surface area contributed by atoms with Crippen molar-refractivity contribution in [1.82, 2.24) is 0 Å². The molecule has 0 fully saturated rings. The van der Waals surface area contributed by atoms with Crippen LogP contribution < -0.4 is 0 Å². The molecule has 0 spiro atoms. The summed E-state index contributed by atoms with van der Waals surface area (Å²) in [6, 6.07) is 13.1. The second kappa shape index (κ2) is 5.68. The van der Waals surface area contributed by atoms with Crippen LogP contribution in [-0.2, 0) is 6.42 Å². The quantitative estimate of drug-likeness (QED) is 0.739. The van der Waals surface area contributed by atoms with Crippen LogP contribution in [0, 0.1) is 6.92 Å². The zero-order valence-corrected chi connectivity index (χ0v) is 12.3. The second-order valence-corrected chi connectivity index (χ2v) is 5.54. The maximum atomic E-state index is 12.2. The third-order valence-corrected chi connectivity index (χ3v) is 3.48. The van der Waals surface area contributed by atoms with Crippen LogP contribution in [0.3, 0.4) is 0 Å². The lowest BCUT2D eigenvalue weighted by Gasteiger charge is -2.06. The summed E-state index contributed by atoms with van der Waals surface area (Å²) in [6.45, 7) is 1.94. The Morgan fingerprint density at radius 3 is 2.72 bits per heavy atom. The molecule has 0 N–H and O–H groups in total. The monoisotopic (exact) mass is 322 g/mol. The Bertz CT molecular complexity index is 593. The molecule has 0 aliphatic heterocycles. The van der Waals surface area contributed by atoms with Crippen LogP contribution in [0.25, 0.3) is 0 Å². The molecule has 0 bridgehead atoms. The van der Waals surface area contributed by atoms with Crippen LogP contribution in [0.15, 0.2) is 46.9 Å². The Hall–Kier alpha value is -1.12. The summed E-state index contributed by atoms with van der Waals surface area (Å²) in [5, 5.41) is 0.659. The van der Waals surface area contributed by atoms with E-state index in [1.54, 1.807) is 6.07 Å². The molecule has 0 aliphatic carbocycles. The minimum absolute atomic E-state index is 0.107. The summed E-state index contributed by atoms with van der Waals surface area (Å²) < 4.78 is 0.919. The van der Waals surface area contributed by atoms with E-state index in [2.05, 4.69) is 15.9 Å². The molecule has 2 aromatic rings. The first-order valence-electron chi connectivity index (χ1n) is 5.60. The number of carbonyl (C=O) groups is 1. The summed E-state index contributed by atoms with van der Waals surface area (Å²) >= 11 is 9.30. The van der Waals surface area contributed by atoms with E-state index in [1.807, 2.05) is 43.3 Å². The van der Waals surface area contributed by atoms with Gasteiger partial charge >= 0.3 is 0 Å². The maximum absolute atomic E-state index is 12.2. The van der Waals surface area contributed by atoms with E-state index in [1.165, 1.54) is 0 Å². The minimum Gasteiger partial charge on any atom is -0.294 e. The highest BCUT2D eigenvalue weighted by atomic mass is 79.9. The molecule has 1 nitrogen and oxygen atoms in total. The molecule has 0 aliphatic rings. The minimum atomic E-state index is 0.107. The summed E-state index contributed by atoms with van der Waals surface area (Å²) in [7, 11) is 0. The third kappa shape index (κ3) is 3.21. The summed E-state index contributed by atoms with van der Waals surface area (Å²) in [6.07, 6.45) is 0.373. The van der Waals surface area contributed by atoms with Crippen molar-refractivity contribution >= 4 is 33.3 Å². The average molecular weight is 324 g/mol. The van der Waals surface area contributed by atoms with Crippen LogP contribution in [0.4, 0.5) is 0 Å². The Morgan fingerprint density at radius 1 is 1.22 bits per heavy atom. The van der Waals surface area contributed by atoms with Crippen molar-refractivity contribution in [3.63, 3.8) is 0 Å². The normalized spacial score (nSPS) is 10.4. The van der Waals surface area contributed by atoms with Gasteiger partial charge in [-0.15, -0.1) is 0 Å². The molecule has 18 heavy (non-hydrogen) atoms. The molecule has 0 heterocycles. The molecule has 0 radical (unpaired) electrons. The van der Waals surface area contributed by atoms with Gasteiger partial charge in [0.25, 0.3) is 0 Å². The average Bonchev–Trinajstić information content (AvgIpc) is 2.32. The fourth-order valence-electron chi connectivity index (χ4n) is 1.82. The van der Waals surface area contributed by atoms with Gasteiger partial charge in [-0.25, -0.2) is 0 Å². The Kier molecular flexibility index (Phi) is 4.20. The first-order chi connectivity index (χ1) is 8.56. The predicted molar refractivity (Wildman–Crippen MR) is 78.4 cm³/mol. The number of rotatable bonds is 3. The third-order valence-electron chi connectivity index (χ3n) is 2.75. The lowest BCUT2D eigenvalue weighted by Crippen LogP contribution is -2.05. The number of halogens is 2. The van der Waals surface area contributed by atoms with Crippen molar-refractivity contribution in [2.24, 2.45) is 0 Å².